The van der Waals surface area contributed by atoms with Crippen LogP contribution in [0.2, 0.25) is 0 Å². The Morgan fingerprint density at radius 2 is 1.88 bits per heavy atom. The number of para-hydroxylation sites is 1. The molecular weight excluding hydrogens is 451 g/mol. The van der Waals surface area contributed by atoms with Crippen molar-refractivity contribution in [3.05, 3.63) is 87.9 Å². The Morgan fingerprint density at radius 1 is 1.15 bits per heavy atom. The van der Waals surface area contributed by atoms with Crippen LogP contribution >= 0.6 is 11.3 Å². The van der Waals surface area contributed by atoms with Crippen LogP contribution in [0, 0.1) is 5.82 Å². The van der Waals surface area contributed by atoms with Gasteiger partial charge in [0.25, 0.3) is 5.91 Å². The first-order chi connectivity index (χ1) is 16.5. The maximum atomic E-state index is 13.6. The number of amides is 2. The maximum absolute atomic E-state index is 13.6. The number of ether oxygens (including phenoxy) is 1. The van der Waals surface area contributed by atoms with Crippen LogP contribution in [0.4, 0.5) is 4.39 Å². The van der Waals surface area contributed by atoms with E-state index in [-0.39, 0.29) is 30.4 Å². The zero-order valence-corrected chi connectivity index (χ0v) is 20.3. The Labute approximate surface area is 203 Å². The summed E-state index contributed by atoms with van der Waals surface area (Å²) in [4.78, 5) is 31.5. The number of carbonyl (C=O) groups excluding carboxylic acids is 2. The Morgan fingerprint density at radius 3 is 2.59 bits per heavy atom. The largest absolute Gasteiger partial charge is 0.491 e. The summed E-state index contributed by atoms with van der Waals surface area (Å²) >= 11 is 1.70. The molecular formula is C27H29FN2O3S. The number of fused-ring (bicyclic) bond motifs is 1. The lowest BCUT2D eigenvalue weighted by atomic mass is 10.00. The fraction of sp³-hybridized carbons (Fsp3) is 0.333. The van der Waals surface area contributed by atoms with Gasteiger partial charge in [-0.25, -0.2) is 4.39 Å². The molecule has 0 bridgehead atoms. The summed E-state index contributed by atoms with van der Waals surface area (Å²) in [6.07, 6.45) is 1.49. The van der Waals surface area contributed by atoms with Crippen LogP contribution in [0.3, 0.4) is 0 Å². The van der Waals surface area contributed by atoms with Crippen molar-refractivity contribution < 1.29 is 18.7 Å². The molecule has 1 aliphatic heterocycles. The average molecular weight is 481 g/mol. The standard InChI is InChI=1S/C27H29FN2O3S/c1-3-19(2)30(27(32)20-9-11-21(28)12-10-20)17-26(31)29-15-13-25-23(14-16-34-25)24(29)18-33-22-7-5-4-6-8-22/h4-12,14,16,19,24H,3,13,15,17-18H2,1-2H3/t19-,24+/m0/s1. The lowest BCUT2D eigenvalue weighted by molar-refractivity contribution is -0.136. The third-order valence-electron chi connectivity index (χ3n) is 6.35. The molecule has 34 heavy (non-hydrogen) atoms. The van der Waals surface area contributed by atoms with Crippen LogP contribution in [-0.2, 0) is 11.2 Å². The fourth-order valence-corrected chi connectivity index (χ4v) is 5.14. The molecule has 2 aromatic carbocycles. The summed E-state index contributed by atoms with van der Waals surface area (Å²) < 4.78 is 19.4. The maximum Gasteiger partial charge on any atom is 0.254 e. The number of nitrogens with zero attached hydrogens (tertiary/aromatic N) is 2. The van der Waals surface area contributed by atoms with Gasteiger partial charge in [-0.3, -0.25) is 9.59 Å². The SMILES string of the molecule is CC[C@H](C)N(CC(=O)N1CCc2sccc2[C@H]1COc1ccccc1)C(=O)c1ccc(F)cc1. The van der Waals surface area contributed by atoms with Crippen LogP contribution in [0.5, 0.6) is 5.75 Å². The first-order valence-corrected chi connectivity index (χ1v) is 12.5. The third-order valence-corrected chi connectivity index (χ3v) is 7.34. The van der Waals surface area contributed by atoms with Gasteiger partial charge < -0.3 is 14.5 Å². The van der Waals surface area contributed by atoms with Crippen LogP contribution in [-0.4, -0.2) is 47.4 Å². The van der Waals surface area contributed by atoms with Crippen LogP contribution in [0.25, 0.3) is 0 Å². The summed E-state index contributed by atoms with van der Waals surface area (Å²) in [6.45, 7) is 4.79. The van der Waals surface area contributed by atoms with Gasteiger partial charge in [-0.05, 0) is 73.2 Å². The predicted octanol–water partition coefficient (Wildman–Crippen LogP) is 5.33. The molecule has 3 aromatic rings. The second-order valence-corrected chi connectivity index (χ2v) is 9.47. The number of carbonyl (C=O) groups is 2. The molecule has 4 rings (SSSR count). The Bertz CT molecular complexity index is 1120. The van der Waals surface area contributed by atoms with E-state index < -0.39 is 5.82 Å². The van der Waals surface area contributed by atoms with Crippen molar-refractivity contribution in [2.24, 2.45) is 0 Å². The minimum atomic E-state index is -0.399. The zero-order chi connectivity index (χ0) is 24.1. The monoisotopic (exact) mass is 480 g/mol. The molecule has 0 fully saturated rings. The molecule has 0 N–H and O–H groups in total. The zero-order valence-electron chi connectivity index (χ0n) is 19.4. The molecule has 0 spiro atoms. The topological polar surface area (TPSA) is 49.9 Å². The van der Waals surface area contributed by atoms with E-state index in [1.807, 2.05) is 49.1 Å². The molecule has 0 aliphatic carbocycles. The summed E-state index contributed by atoms with van der Waals surface area (Å²) in [7, 11) is 0. The predicted molar refractivity (Wildman–Crippen MR) is 132 cm³/mol. The molecule has 1 aliphatic rings. The van der Waals surface area contributed by atoms with Gasteiger partial charge >= 0.3 is 0 Å². The normalized spacial score (nSPS) is 16.0. The van der Waals surface area contributed by atoms with E-state index in [2.05, 4.69) is 11.4 Å². The highest BCUT2D eigenvalue weighted by atomic mass is 32.1. The quantitative estimate of drug-likeness (QED) is 0.438. The van der Waals surface area contributed by atoms with E-state index in [0.29, 0.717) is 25.1 Å². The van der Waals surface area contributed by atoms with Gasteiger partial charge in [0.1, 0.15) is 24.7 Å². The molecule has 5 nitrogen and oxygen atoms in total. The van der Waals surface area contributed by atoms with Gasteiger partial charge in [-0.2, -0.15) is 0 Å². The number of halogens is 1. The second-order valence-electron chi connectivity index (χ2n) is 8.47. The number of benzene rings is 2. The van der Waals surface area contributed by atoms with E-state index in [0.717, 1.165) is 17.7 Å². The van der Waals surface area contributed by atoms with Crippen molar-refractivity contribution in [3.63, 3.8) is 0 Å². The number of hydrogen-bond acceptors (Lipinski definition) is 4. The minimum absolute atomic E-state index is 0.0352. The highest BCUT2D eigenvalue weighted by molar-refractivity contribution is 7.10. The molecule has 1 aromatic heterocycles. The number of hydrogen-bond donors (Lipinski definition) is 0. The van der Waals surface area contributed by atoms with E-state index in [1.54, 1.807) is 16.2 Å². The van der Waals surface area contributed by atoms with Crippen molar-refractivity contribution in [3.8, 4) is 5.75 Å². The molecule has 0 saturated heterocycles. The number of thiophene rings is 1. The Hall–Kier alpha value is -3.19. The van der Waals surface area contributed by atoms with Crippen molar-refractivity contribution in [1.82, 2.24) is 9.80 Å². The van der Waals surface area contributed by atoms with Gasteiger partial charge in [-0.15, -0.1) is 11.3 Å². The molecule has 2 heterocycles. The molecule has 178 valence electrons. The highest BCUT2D eigenvalue weighted by Gasteiger charge is 2.34. The van der Waals surface area contributed by atoms with Crippen LogP contribution in [0.15, 0.2) is 66.0 Å². The van der Waals surface area contributed by atoms with Crippen molar-refractivity contribution >= 4 is 23.2 Å². The van der Waals surface area contributed by atoms with Gasteiger partial charge in [0.2, 0.25) is 5.91 Å². The van der Waals surface area contributed by atoms with Crippen LogP contribution < -0.4 is 4.74 Å². The molecule has 2 amide bonds. The van der Waals surface area contributed by atoms with E-state index in [1.165, 1.54) is 29.1 Å². The Kier molecular flexibility index (Phi) is 7.63. The first-order valence-electron chi connectivity index (χ1n) is 11.6. The fourth-order valence-electron chi connectivity index (χ4n) is 4.21. The van der Waals surface area contributed by atoms with E-state index in [4.69, 9.17) is 4.74 Å². The van der Waals surface area contributed by atoms with Gasteiger partial charge in [0, 0.05) is 23.0 Å². The van der Waals surface area contributed by atoms with Gasteiger partial charge in [-0.1, -0.05) is 25.1 Å². The van der Waals surface area contributed by atoms with Crippen LogP contribution in [0.1, 0.15) is 47.1 Å². The average Bonchev–Trinajstić information content (AvgIpc) is 3.35. The molecule has 2 atom stereocenters. The molecule has 7 heteroatoms. The highest BCUT2D eigenvalue weighted by Crippen LogP contribution is 2.34. The van der Waals surface area contributed by atoms with Crippen molar-refractivity contribution in [1.29, 1.82) is 0 Å². The minimum Gasteiger partial charge on any atom is -0.491 e. The van der Waals surface area contributed by atoms with E-state index >= 15 is 0 Å². The lowest BCUT2D eigenvalue weighted by Gasteiger charge is -2.38. The second kappa shape index (κ2) is 10.8. The smallest absolute Gasteiger partial charge is 0.254 e. The van der Waals surface area contributed by atoms with Crippen molar-refractivity contribution in [2.45, 2.75) is 38.8 Å². The summed E-state index contributed by atoms with van der Waals surface area (Å²) in [5, 5.41) is 2.05. The Balaban J connectivity index is 1.54. The molecule has 0 radical (unpaired) electrons. The summed E-state index contributed by atoms with van der Waals surface area (Å²) in [6, 6.07) is 16.7. The van der Waals surface area contributed by atoms with E-state index in [9.17, 15) is 14.0 Å². The molecule has 0 saturated carbocycles. The first kappa shape index (κ1) is 24.0. The molecule has 0 unspecified atom stereocenters. The lowest BCUT2D eigenvalue weighted by Crippen LogP contribution is -2.49. The van der Waals surface area contributed by atoms with Gasteiger partial charge in [0.15, 0.2) is 0 Å². The number of rotatable bonds is 8. The third kappa shape index (κ3) is 5.30. The summed E-state index contributed by atoms with van der Waals surface area (Å²) in [5.41, 5.74) is 1.48. The summed E-state index contributed by atoms with van der Waals surface area (Å²) in [5.74, 6) is -0.0314. The van der Waals surface area contributed by atoms with Gasteiger partial charge in [0.05, 0.1) is 6.04 Å². The van der Waals surface area contributed by atoms with Crippen molar-refractivity contribution in [2.75, 3.05) is 19.7 Å².